The number of rotatable bonds is 9. The molecule has 12 nitrogen and oxygen atoms in total. The molecule has 0 saturated heterocycles. The second kappa shape index (κ2) is 31.6. The maximum absolute atomic E-state index is 5.30. The van der Waals surface area contributed by atoms with E-state index in [1.54, 1.807) is 0 Å². The standard InChI is InChI=1S/C38H22N4.2C34H20N4.3Pt/c1-4-12-32-25(9-1)17-21-33(40-32)26-16-19-30-28-10-2-5-13-34(28)41(36(30)23-26)27-18-20-31-29-11-3-6-14-35(29)42(37(31)24-27)38-15-7-8-22-39-38;1-3-12-30-25(9-1)27-17-15-23(29-11-5-7-19-35-29)21-32(27)37(30)24-16-18-28-26-10-2-4-13-31(26)38(33(28)22-24)34-14-6-8-20-36-34;1-2-10-24(11-3-1)37-30-15-6-5-13-26(30)28-19-20-33(36-34(28)37)38-31-16-7-4-12-25(31)27-18-17-23(22-32(27)38)29-14-8-9-21-35-29;;;/h1-22H;1-20H;1-10,12-21H;;;/q3*-2;3*+2. The Morgan fingerprint density at radius 2 is 0.562 bits per heavy atom. The first-order valence-electron chi connectivity index (χ1n) is 39.2. The summed E-state index contributed by atoms with van der Waals surface area (Å²) < 4.78 is 13.4. The SMILES string of the molecule is [Pt+2].[Pt+2].[Pt+2].[c-]1c(-c2ccc3ccccc3n2)ccc2c3ccccc3n(-c3[c-]c4c(cc3)c3ccccc3n4-c3ccccn3)c12.[c-]1c(-c2ccccn2)ccc2c3ccccc3n(-c3[c-]c4c(cc3)c3ccccc3n4-c3ccccn3)c12.[c-]1ccccc1-n1c2ccccc2c2ccc(-n3c4[c-]c(-c5ccccn5)ccc4c4ccccc43)nc21. The number of pyridine rings is 6. The van der Waals surface area contributed by atoms with Gasteiger partial charge in [0.2, 0.25) is 0 Å². The molecule has 0 fully saturated rings. The van der Waals surface area contributed by atoms with E-state index >= 15 is 0 Å². The van der Waals surface area contributed by atoms with Crippen molar-refractivity contribution in [2.24, 2.45) is 0 Å². The summed E-state index contributed by atoms with van der Waals surface area (Å²) in [4.78, 5) is 28.8. The third-order valence-electron chi connectivity index (χ3n) is 22.6. The average Bonchev–Trinajstić information content (AvgIpc) is 1.58. The summed E-state index contributed by atoms with van der Waals surface area (Å²) in [6.45, 7) is 0. The number of fused-ring (bicyclic) bond motifs is 19. The molecule has 0 aliphatic rings. The zero-order valence-corrected chi connectivity index (χ0v) is 70.9. The topological polar surface area (TPSA) is 107 Å². The van der Waals surface area contributed by atoms with Crippen molar-refractivity contribution in [2.75, 3.05) is 0 Å². The summed E-state index contributed by atoms with van der Waals surface area (Å²) in [6, 6.07) is 143. The minimum atomic E-state index is 0. The molecule has 0 saturated carbocycles. The number of hydrogen-bond donors (Lipinski definition) is 0. The number of aromatic nitrogens is 12. The van der Waals surface area contributed by atoms with Crippen LogP contribution in [-0.2, 0) is 63.2 Å². The number of nitrogens with zero attached hydrogens (tertiary/aromatic N) is 12. The van der Waals surface area contributed by atoms with Crippen LogP contribution >= 0.6 is 0 Å². The Bertz CT molecular complexity index is 7950. The van der Waals surface area contributed by atoms with Crippen LogP contribution in [0.5, 0.6) is 0 Å². The molecular weight excluding hydrogens is 2030 g/mol. The normalized spacial score (nSPS) is 11.4. The van der Waals surface area contributed by atoms with Crippen molar-refractivity contribution in [1.82, 2.24) is 57.3 Å². The van der Waals surface area contributed by atoms with Gasteiger partial charge in [0.15, 0.2) is 0 Å². The quantitative estimate of drug-likeness (QED) is 0.133. The predicted molar refractivity (Wildman–Crippen MR) is 479 cm³/mol. The molecule has 15 heteroatoms. The fourth-order valence-electron chi connectivity index (χ4n) is 17.3. The monoisotopic (exact) mass is 2090 g/mol. The molecule has 25 rings (SSSR count). The third-order valence-corrected chi connectivity index (χ3v) is 22.6. The molecule has 0 radical (unpaired) electrons. The van der Waals surface area contributed by atoms with Crippen LogP contribution in [0.3, 0.4) is 0 Å². The Labute approximate surface area is 737 Å². The minimum Gasteiger partial charge on any atom is -0.352 e. The van der Waals surface area contributed by atoms with Crippen LogP contribution < -0.4 is 0 Å². The van der Waals surface area contributed by atoms with Gasteiger partial charge in [0, 0.05) is 63.1 Å². The van der Waals surface area contributed by atoms with Gasteiger partial charge in [0.1, 0.15) is 23.1 Å². The molecule has 12 heterocycles. The van der Waals surface area contributed by atoms with Gasteiger partial charge in [-0.2, -0.15) is 36.4 Å². The Morgan fingerprint density at radius 3 is 1.00 bits per heavy atom. The molecule has 121 heavy (non-hydrogen) atoms. The number of benzene rings is 13. The van der Waals surface area contributed by atoms with E-state index in [1.807, 2.05) is 128 Å². The molecule has 0 bridgehead atoms. The largest absolute Gasteiger partial charge is 2.00 e. The molecule has 0 amide bonds. The first kappa shape index (κ1) is 75.6. The molecule has 12 aromatic heterocycles. The fraction of sp³-hybridized carbons (Fsp3) is 0. The molecule has 0 aliphatic heterocycles. The molecule has 13 aromatic carbocycles. The molecule has 576 valence electrons. The zero-order chi connectivity index (χ0) is 77.7. The number of para-hydroxylation sites is 8. The number of hydrogen-bond acceptors (Lipinski definition) is 6. The Balaban J connectivity index is 0.000000114. The second-order valence-electron chi connectivity index (χ2n) is 29.2. The van der Waals surface area contributed by atoms with E-state index in [2.05, 4.69) is 327 Å². The van der Waals surface area contributed by atoms with Crippen molar-refractivity contribution >= 4 is 142 Å². The van der Waals surface area contributed by atoms with Gasteiger partial charge in [-0.1, -0.05) is 220 Å². The molecule has 25 aromatic rings. The van der Waals surface area contributed by atoms with Gasteiger partial charge in [-0.05, 0) is 157 Å². The van der Waals surface area contributed by atoms with Crippen molar-refractivity contribution in [3.05, 3.63) is 413 Å². The van der Waals surface area contributed by atoms with E-state index in [4.69, 9.17) is 15.0 Å². The second-order valence-corrected chi connectivity index (χ2v) is 29.2. The van der Waals surface area contributed by atoms with E-state index in [9.17, 15) is 0 Å². The summed E-state index contributed by atoms with van der Waals surface area (Å²) in [6.07, 6.45) is 7.31. The van der Waals surface area contributed by atoms with Crippen LogP contribution in [0.1, 0.15) is 0 Å². The van der Waals surface area contributed by atoms with E-state index in [1.165, 1.54) is 32.3 Å². The molecular formula is C106H62N12Pt3. The fourth-order valence-corrected chi connectivity index (χ4v) is 17.3. The molecule has 0 atom stereocenters. The van der Waals surface area contributed by atoms with Crippen LogP contribution in [0, 0.1) is 36.4 Å². The van der Waals surface area contributed by atoms with Crippen LogP contribution in [0.15, 0.2) is 377 Å². The Morgan fingerprint density at radius 1 is 0.207 bits per heavy atom. The van der Waals surface area contributed by atoms with Gasteiger partial charge in [0.05, 0.1) is 11.0 Å². The van der Waals surface area contributed by atoms with Crippen molar-refractivity contribution < 1.29 is 63.2 Å². The van der Waals surface area contributed by atoms with Gasteiger partial charge in [0.25, 0.3) is 0 Å². The van der Waals surface area contributed by atoms with Gasteiger partial charge >= 0.3 is 63.2 Å². The summed E-state index contributed by atoms with van der Waals surface area (Å²) in [5.41, 5.74) is 22.0. The molecule has 0 spiro atoms. The summed E-state index contributed by atoms with van der Waals surface area (Å²) in [5.74, 6) is 2.59. The van der Waals surface area contributed by atoms with Gasteiger partial charge in [-0.15, -0.1) is 112 Å². The van der Waals surface area contributed by atoms with E-state index < -0.39 is 0 Å². The first-order valence-corrected chi connectivity index (χ1v) is 39.2. The van der Waals surface area contributed by atoms with Crippen molar-refractivity contribution in [2.45, 2.75) is 0 Å². The average molecular weight is 2090 g/mol. The van der Waals surface area contributed by atoms with Crippen LogP contribution in [0.25, 0.3) is 210 Å². The molecule has 0 unspecified atom stereocenters. The van der Waals surface area contributed by atoms with Crippen LogP contribution in [0.4, 0.5) is 0 Å². The Kier molecular flexibility index (Phi) is 19.8. The molecule has 0 N–H and O–H groups in total. The first-order chi connectivity index (χ1) is 58.6. The van der Waals surface area contributed by atoms with Gasteiger partial charge in [-0.3, -0.25) is 4.98 Å². The molecule has 0 aliphatic carbocycles. The van der Waals surface area contributed by atoms with Crippen molar-refractivity contribution in [1.29, 1.82) is 0 Å². The van der Waals surface area contributed by atoms with E-state index in [0.717, 1.165) is 178 Å². The summed E-state index contributed by atoms with van der Waals surface area (Å²) in [5, 5.41) is 15.0. The minimum absolute atomic E-state index is 0. The smallest absolute Gasteiger partial charge is 0.352 e. The summed E-state index contributed by atoms with van der Waals surface area (Å²) >= 11 is 0. The Hall–Kier alpha value is -14.1. The maximum Gasteiger partial charge on any atom is 2.00 e. The predicted octanol–water partition coefficient (Wildman–Crippen LogP) is 25.0. The zero-order valence-electron chi connectivity index (χ0n) is 64.1. The van der Waals surface area contributed by atoms with Crippen LogP contribution in [0.2, 0.25) is 0 Å². The van der Waals surface area contributed by atoms with E-state index in [-0.39, 0.29) is 63.2 Å². The maximum atomic E-state index is 5.30. The summed E-state index contributed by atoms with van der Waals surface area (Å²) in [7, 11) is 0. The van der Waals surface area contributed by atoms with Crippen LogP contribution in [-0.4, -0.2) is 57.3 Å². The third kappa shape index (κ3) is 12.9. The van der Waals surface area contributed by atoms with Gasteiger partial charge in [-0.25, -0.2) is 15.0 Å². The van der Waals surface area contributed by atoms with E-state index in [0.29, 0.717) is 0 Å². The van der Waals surface area contributed by atoms with Crippen molar-refractivity contribution in [3.63, 3.8) is 0 Å². The van der Waals surface area contributed by atoms with Crippen molar-refractivity contribution in [3.8, 4) is 68.3 Å². The van der Waals surface area contributed by atoms with Gasteiger partial charge < -0.3 is 37.4 Å².